The van der Waals surface area contributed by atoms with Gasteiger partial charge in [0, 0.05) is 35.7 Å². The predicted octanol–water partition coefficient (Wildman–Crippen LogP) is 3.78. The standard InChI is InChI=1S/C14H25N3S2.HI/c1-11(12-7-6-8-19-12)9-16-13(15-4)17-10-14(2,3)18-5;/h6-8,11H,9-10H2,1-5H3,(H2,15,16,17);1H. The summed E-state index contributed by atoms with van der Waals surface area (Å²) in [6.45, 7) is 8.50. The minimum atomic E-state index is 0. The van der Waals surface area contributed by atoms with Crippen molar-refractivity contribution in [2.75, 3.05) is 26.4 Å². The maximum atomic E-state index is 4.27. The van der Waals surface area contributed by atoms with E-state index in [4.69, 9.17) is 0 Å². The second-order valence-corrected chi connectivity index (χ2v) is 7.68. The third-order valence-corrected chi connectivity index (χ3v) is 5.42. The van der Waals surface area contributed by atoms with Crippen LogP contribution in [0.25, 0.3) is 0 Å². The van der Waals surface area contributed by atoms with E-state index in [2.05, 4.69) is 60.2 Å². The van der Waals surface area contributed by atoms with Crippen LogP contribution in [0.15, 0.2) is 22.5 Å². The molecule has 0 radical (unpaired) electrons. The Morgan fingerprint density at radius 1 is 1.45 bits per heavy atom. The summed E-state index contributed by atoms with van der Waals surface area (Å²) in [5.41, 5.74) is 0. The average Bonchev–Trinajstić information content (AvgIpc) is 2.92. The minimum Gasteiger partial charge on any atom is -0.356 e. The molecule has 0 aliphatic heterocycles. The summed E-state index contributed by atoms with van der Waals surface area (Å²) in [5.74, 6) is 1.39. The normalized spacial score (nSPS) is 13.6. The maximum absolute atomic E-state index is 4.27. The van der Waals surface area contributed by atoms with Crippen molar-refractivity contribution < 1.29 is 0 Å². The highest BCUT2D eigenvalue weighted by Gasteiger charge is 2.16. The van der Waals surface area contributed by atoms with E-state index in [1.165, 1.54) is 4.88 Å². The number of thioether (sulfide) groups is 1. The molecule has 1 aromatic rings. The Morgan fingerprint density at radius 2 is 2.15 bits per heavy atom. The van der Waals surface area contributed by atoms with Gasteiger partial charge < -0.3 is 10.6 Å². The van der Waals surface area contributed by atoms with Gasteiger partial charge >= 0.3 is 0 Å². The molecule has 20 heavy (non-hydrogen) atoms. The zero-order valence-corrected chi connectivity index (χ0v) is 16.9. The Hall–Kier alpha value is 0.0500. The molecule has 1 heterocycles. The Morgan fingerprint density at radius 3 is 2.65 bits per heavy atom. The molecule has 0 spiro atoms. The van der Waals surface area contributed by atoms with Crippen LogP contribution < -0.4 is 10.6 Å². The van der Waals surface area contributed by atoms with Crippen LogP contribution in [0.2, 0.25) is 0 Å². The summed E-state index contributed by atoms with van der Waals surface area (Å²) in [6, 6.07) is 4.29. The van der Waals surface area contributed by atoms with E-state index < -0.39 is 0 Å². The summed E-state index contributed by atoms with van der Waals surface area (Å²) in [4.78, 5) is 5.68. The Labute approximate surface area is 148 Å². The molecule has 0 saturated heterocycles. The van der Waals surface area contributed by atoms with Gasteiger partial charge in [-0.3, -0.25) is 4.99 Å². The van der Waals surface area contributed by atoms with Crippen LogP contribution in [0.5, 0.6) is 0 Å². The van der Waals surface area contributed by atoms with Crippen LogP contribution in [0.1, 0.15) is 31.6 Å². The second kappa shape index (κ2) is 9.89. The molecule has 0 bridgehead atoms. The van der Waals surface area contributed by atoms with E-state index in [0.717, 1.165) is 19.0 Å². The lowest BCUT2D eigenvalue weighted by Gasteiger charge is -2.24. The van der Waals surface area contributed by atoms with Crippen LogP contribution in [0.3, 0.4) is 0 Å². The predicted molar refractivity (Wildman–Crippen MR) is 105 cm³/mol. The van der Waals surface area contributed by atoms with Crippen molar-refractivity contribution in [3.05, 3.63) is 22.4 Å². The van der Waals surface area contributed by atoms with Gasteiger partial charge in [-0.15, -0.1) is 35.3 Å². The van der Waals surface area contributed by atoms with Crippen LogP contribution in [0.4, 0.5) is 0 Å². The molecule has 0 aromatic carbocycles. The SMILES string of the molecule is CN=C(NCC(C)c1cccs1)NCC(C)(C)SC.I. The first-order valence-electron chi connectivity index (χ1n) is 6.51. The average molecular weight is 427 g/mol. The highest BCUT2D eigenvalue weighted by atomic mass is 127. The summed E-state index contributed by atoms with van der Waals surface area (Å²) in [7, 11) is 1.82. The lowest BCUT2D eigenvalue weighted by Crippen LogP contribution is -2.44. The molecular weight excluding hydrogens is 401 g/mol. The van der Waals surface area contributed by atoms with Gasteiger partial charge in [-0.05, 0) is 31.5 Å². The molecule has 0 aliphatic rings. The van der Waals surface area contributed by atoms with Crippen molar-refractivity contribution in [1.82, 2.24) is 10.6 Å². The van der Waals surface area contributed by atoms with Gasteiger partial charge in [0.1, 0.15) is 0 Å². The molecule has 1 rings (SSSR count). The number of hydrogen-bond acceptors (Lipinski definition) is 3. The van der Waals surface area contributed by atoms with Gasteiger partial charge in [0.15, 0.2) is 5.96 Å². The van der Waals surface area contributed by atoms with Crippen molar-refractivity contribution in [3.63, 3.8) is 0 Å². The van der Waals surface area contributed by atoms with E-state index >= 15 is 0 Å². The molecule has 1 unspecified atom stereocenters. The third-order valence-electron chi connectivity index (χ3n) is 3.06. The topological polar surface area (TPSA) is 36.4 Å². The molecule has 0 saturated carbocycles. The fourth-order valence-electron chi connectivity index (χ4n) is 1.51. The monoisotopic (exact) mass is 427 g/mol. The quantitative estimate of drug-likeness (QED) is 0.412. The molecule has 0 aliphatic carbocycles. The molecule has 3 nitrogen and oxygen atoms in total. The van der Waals surface area contributed by atoms with Gasteiger partial charge in [0.25, 0.3) is 0 Å². The highest BCUT2D eigenvalue weighted by Crippen LogP contribution is 2.20. The first-order chi connectivity index (χ1) is 8.98. The molecule has 1 atom stereocenters. The van der Waals surface area contributed by atoms with Crippen LogP contribution in [-0.2, 0) is 0 Å². The van der Waals surface area contributed by atoms with Gasteiger partial charge in [0.2, 0.25) is 0 Å². The van der Waals surface area contributed by atoms with Crippen molar-refractivity contribution in [2.45, 2.75) is 31.4 Å². The van der Waals surface area contributed by atoms with E-state index in [1.807, 2.05) is 30.1 Å². The first-order valence-corrected chi connectivity index (χ1v) is 8.62. The maximum Gasteiger partial charge on any atom is 0.191 e. The number of aliphatic imine (C=N–C) groups is 1. The Bertz CT molecular complexity index is 391. The van der Waals surface area contributed by atoms with Crippen molar-refractivity contribution in [3.8, 4) is 0 Å². The largest absolute Gasteiger partial charge is 0.356 e. The number of guanidine groups is 1. The van der Waals surface area contributed by atoms with Gasteiger partial charge in [-0.25, -0.2) is 0 Å². The van der Waals surface area contributed by atoms with Crippen molar-refractivity contribution >= 4 is 53.0 Å². The Balaban J connectivity index is 0.00000361. The summed E-state index contributed by atoms with van der Waals surface area (Å²) in [6.07, 6.45) is 2.14. The summed E-state index contributed by atoms with van der Waals surface area (Å²) in [5, 5.41) is 8.90. The lowest BCUT2D eigenvalue weighted by atomic mass is 10.1. The molecule has 1 aromatic heterocycles. The van der Waals surface area contributed by atoms with Gasteiger partial charge in [-0.2, -0.15) is 11.8 Å². The molecule has 0 fully saturated rings. The van der Waals surface area contributed by atoms with E-state index in [0.29, 0.717) is 5.92 Å². The number of hydrogen-bond donors (Lipinski definition) is 2. The Kier molecular flexibility index (Phi) is 9.92. The zero-order valence-electron chi connectivity index (χ0n) is 12.9. The zero-order chi connectivity index (χ0) is 14.3. The number of halogens is 1. The number of rotatable bonds is 6. The van der Waals surface area contributed by atoms with E-state index in [9.17, 15) is 0 Å². The van der Waals surface area contributed by atoms with Crippen LogP contribution >= 0.6 is 47.1 Å². The number of nitrogens with one attached hydrogen (secondary N) is 2. The molecular formula is C14H26IN3S2. The van der Waals surface area contributed by atoms with Crippen LogP contribution in [0, 0.1) is 0 Å². The summed E-state index contributed by atoms with van der Waals surface area (Å²) >= 11 is 3.67. The first kappa shape index (κ1) is 20.1. The number of thiophene rings is 1. The molecule has 2 N–H and O–H groups in total. The smallest absolute Gasteiger partial charge is 0.191 e. The molecule has 116 valence electrons. The van der Waals surface area contributed by atoms with Gasteiger partial charge in [0.05, 0.1) is 0 Å². The lowest BCUT2D eigenvalue weighted by molar-refractivity contribution is 0.652. The van der Waals surface area contributed by atoms with Crippen molar-refractivity contribution in [1.29, 1.82) is 0 Å². The highest BCUT2D eigenvalue weighted by molar-refractivity contribution is 14.0. The van der Waals surface area contributed by atoms with Gasteiger partial charge in [-0.1, -0.05) is 13.0 Å². The van der Waals surface area contributed by atoms with E-state index in [-0.39, 0.29) is 28.7 Å². The third kappa shape index (κ3) is 7.17. The summed E-state index contributed by atoms with van der Waals surface area (Å²) < 4.78 is 0.219. The van der Waals surface area contributed by atoms with Crippen LogP contribution in [-0.4, -0.2) is 37.1 Å². The van der Waals surface area contributed by atoms with E-state index in [1.54, 1.807) is 0 Å². The van der Waals surface area contributed by atoms with Crippen molar-refractivity contribution in [2.24, 2.45) is 4.99 Å². The fourth-order valence-corrected chi connectivity index (χ4v) is 2.51. The molecule has 0 amide bonds. The number of nitrogens with zero attached hydrogens (tertiary/aromatic N) is 1. The fraction of sp³-hybridized carbons (Fsp3) is 0.643. The second-order valence-electron chi connectivity index (χ2n) is 5.19. The minimum absolute atomic E-state index is 0. The molecule has 6 heteroatoms.